The first kappa shape index (κ1) is 9.17. The first-order valence-electron chi connectivity index (χ1n) is 3.31. The Morgan fingerprint density at radius 2 is 2.33 bits per heavy atom. The second-order valence-electron chi connectivity index (χ2n) is 2.24. The van der Waals surface area contributed by atoms with Crippen molar-refractivity contribution >= 4 is 10.2 Å². The van der Waals surface area contributed by atoms with Gasteiger partial charge in [0.2, 0.25) is 0 Å². The highest BCUT2D eigenvalue weighted by molar-refractivity contribution is 7.87. The molecule has 0 aliphatic rings. The Morgan fingerprint density at radius 3 is 2.83 bits per heavy atom. The first-order chi connectivity index (χ1) is 5.58. The summed E-state index contributed by atoms with van der Waals surface area (Å²) in [7, 11) is -3.56. The maximum absolute atomic E-state index is 10.4. The van der Waals surface area contributed by atoms with E-state index in [1.165, 1.54) is 0 Å². The Balaban J connectivity index is 2.29. The van der Waals surface area contributed by atoms with Gasteiger partial charge in [-0.1, -0.05) is 0 Å². The summed E-state index contributed by atoms with van der Waals surface area (Å²) in [4.78, 5) is 3.79. The topological polar surface area (TPSA) is 90.0 Å². The van der Waals surface area contributed by atoms with Crippen molar-refractivity contribution in [1.82, 2.24) is 14.3 Å². The summed E-state index contributed by atoms with van der Waals surface area (Å²) in [5.41, 5.74) is 0. The van der Waals surface area contributed by atoms with Crippen LogP contribution in [-0.2, 0) is 16.8 Å². The van der Waals surface area contributed by atoms with E-state index in [1.54, 1.807) is 23.3 Å². The van der Waals surface area contributed by atoms with Crippen molar-refractivity contribution in [2.75, 3.05) is 6.54 Å². The van der Waals surface area contributed by atoms with Crippen LogP contribution in [0.3, 0.4) is 0 Å². The van der Waals surface area contributed by atoms with E-state index in [1.807, 2.05) is 0 Å². The van der Waals surface area contributed by atoms with Crippen molar-refractivity contribution in [2.24, 2.45) is 5.14 Å². The third-order valence-electron chi connectivity index (χ3n) is 1.23. The Kier molecular flexibility index (Phi) is 2.79. The highest BCUT2D eigenvalue weighted by Gasteiger charge is 1.98. The van der Waals surface area contributed by atoms with Crippen LogP contribution in [0.1, 0.15) is 0 Å². The molecule has 0 amide bonds. The number of rotatable bonds is 4. The maximum Gasteiger partial charge on any atom is 0.274 e. The van der Waals surface area contributed by atoms with Gasteiger partial charge in [-0.25, -0.2) is 14.8 Å². The summed E-state index contributed by atoms with van der Waals surface area (Å²) >= 11 is 0. The quantitative estimate of drug-likeness (QED) is 0.616. The Hall–Kier alpha value is -0.920. The van der Waals surface area contributed by atoms with Gasteiger partial charge in [0.05, 0.1) is 6.33 Å². The lowest BCUT2D eigenvalue weighted by Crippen LogP contribution is -2.33. The lowest BCUT2D eigenvalue weighted by molar-refractivity contribution is 0.574. The van der Waals surface area contributed by atoms with Crippen LogP contribution in [0.15, 0.2) is 18.7 Å². The van der Waals surface area contributed by atoms with Crippen LogP contribution in [0.4, 0.5) is 0 Å². The van der Waals surface area contributed by atoms with Crippen molar-refractivity contribution in [1.29, 1.82) is 0 Å². The molecule has 1 rings (SSSR count). The highest BCUT2D eigenvalue weighted by Crippen LogP contribution is 1.83. The van der Waals surface area contributed by atoms with Crippen molar-refractivity contribution in [2.45, 2.75) is 6.54 Å². The van der Waals surface area contributed by atoms with Crippen LogP contribution >= 0.6 is 0 Å². The molecular formula is C5H10N4O2S. The molecule has 0 unspecified atom stereocenters. The van der Waals surface area contributed by atoms with E-state index >= 15 is 0 Å². The highest BCUT2D eigenvalue weighted by atomic mass is 32.2. The summed E-state index contributed by atoms with van der Waals surface area (Å²) in [6, 6.07) is 0. The van der Waals surface area contributed by atoms with Gasteiger partial charge in [-0.3, -0.25) is 0 Å². The van der Waals surface area contributed by atoms with Crippen LogP contribution in [0.2, 0.25) is 0 Å². The van der Waals surface area contributed by atoms with Crippen LogP contribution in [-0.4, -0.2) is 24.5 Å². The van der Waals surface area contributed by atoms with Crippen molar-refractivity contribution in [3.8, 4) is 0 Å². The van der Waals surface area contributed by atoms with Crippen molar-refractivity contribution in [3.63, 3.8) is 0 Å². The predicted octanol–water partition coefficient (Wildman–Crippen LogP) is -1.32. The van der Waals surface area contributed by atoms with Crippen LogP contribution < -0.4 is 9.86 Å². The van der Waals surface area contributed by atoms with Gasteiger partial charge in [0.1, 0.15) is 0 Å². The lowest BCUT2D eigenvalue weighted by Gasteiger charge is -2.01. The van der Waals surface area contributed by atoms with Gasteiger partial charge in [-0.2, -0.15) is 8.42 Å². The second kappa shape index (κ2) is 3.65. The zero-order valence-corrected chi connectivity index (χ0v) is 7.16. The largest absolute Gasteiger partial charge is 0.336 e. The molecule has 12 heavy (non-hydrogen) atoms. The molecule has 0 radical (unpaired) electrons. The minimum atomic E-state index is -3.56. The van der Waals surface area contributed by atoms with Gasteiger partial charge in [-0.05, 0) is 0 Å². The van der Waals surface area contributed by atoms with Crippen molar-refractivity contribution < 1.29 is 8.42 Å². The molecule has 1 heterocycles. The number of hydrogen-bond donors (Lipinski definition) is 2. The molecule has 7 heteroatoms. The fourth-order valence-electron chi connectivity index (χ4n) is 0.736. The SMILES string of the molecule is NS(=O)(=O)NCCn1ccnc1. The van der Waals surface area contributed by atoms with E-state index in [0.717, 1.165) is 0 Å². The number of nitrogens with one attached hydrogen (secondary N) is 1. The smallest absolute Gasteiger partial charge is 0.274 e. The number of aromatic nitrogens is 2. The van der Waals surface area contributed by atoms with Gasteiger partial charge in [0, 0.05) is 25.5 Å². The zero-order chi connectivity index (χ0) is 9.03. The predicted molar refractivity (Wildman–Crippen MR) is 43.3 cm³/mol. The summed E-state index contributed by atoms with van der Waals surface area (Å²) in [5, 5.41) is 4.71. The molecule has 1 aromatic rings. The van der Waals surface area contributed by atoms with Gasteiger partial charge in [0.25, 0.3) is 10.2 Å². The standard InChI is InChI=1S/C5H10N4O2S/c6-12(10,11)8-2-4-9-3-1-7-5-9/h1,3,5,8H,2,4H2,(H2,6,10,11). The molecule has 0 aliphatic carbocycles. The molecule has 0 saturated heterocycles. The van der Waals surface area contributed by atoms with E-state index < -0.39 is 10.2 Å². The van der Waals surface area contributed by atoms with Crippen LogP contribution in [0.5, 0.6) is 0 Å². The number of nitrogens with zero attached hydrogens (tertiary/aromatic N) is 2. The number of imidazole rings is 1. The molecule has 0 spiro atoms. The average Bonchev–Trinajstić information content (AvgIpc) is 2.36. The number of hydrogen-bond acceptors (Lipinski definition) is 3. The molecule has 0 bridgehead atoms. The van der Waals surface area contributed by atoms with E-state index in [9.17, 15) is 8.42 Å². The van der Waals surface area contributed by atoms with E-state index in [-0.39, 0.29) is 6.54 Å². The molecule has 3 N–H and O–H groups in total. The zero-order valence-electron chi connectivity index (χ0n) is 6.34. The van der Waals surface area contributed by atoms with Gasteiger partial charge in [-0.15, -0.1) is 0 Å². The Labute approximate surface area is 70.6 Å². The Bertz CT molecular complexity index is 317. The second-order valence-corrected chi connectivity index (χ2v) is 3.62. The summed E-state index contributed by atoms with van der Waals surface area (Å²) in [5.74, 6) is 0. The molecule has 0 aromatic carbocycles. The minimum Gasteiger partial charge on any atom is -0.336 e. The number of nitrogens with two attached hydrogens (primary N) is 1. The van der Waals surface area contributed by atoms with E-state index in [2.05, 4.69) is 9.71 Å². The molecule has 1 aromatic heterocycles. The fraction of sp³-hybridized carbons (Fsp3) is 0.400. The van der Waals surface area contributed by atoms with Gasteiger partial charge >= 0.3 is 0 Å². The molecular weight excluding hydrogens is 180 g/mol. The first-order valence-corrected chi connectivity index (χ1v) is 4.86. The monoisotopic (exact) mass is 190 g/mol. The Morgan fingerprint density at radius 1 is 1.58 bits per heavy atom. The third kappa shape index (κ3) is 3.46. The normalized spacial score (nSPS) is 11.8. The van der Waals surface area contributed by atoms with E-state index in [0.29, 0.717) is 6.54 Å². The molecule has 68 valence electrons. The van der Waals surface area contributed by atoms with Crippen LogP contribution in [0, 0.1) is 0 Å². The molecule has 0 atom stereocenters. The molecule has 0 saturated carbocycles. The van der Waals surface area contributed by atoms with Crippen LogP contribution in [0.25, 0.3) is 0 Å². The molecule has 0 fully saturated rings. The fourth-order valence-corrected chi connectivity index (χ4v) is 1.11. The summed E-state index contributed by atoms with van der Waals surface area (Å²) in [6.07, 6.45) is 4.96. The average molecular weight is 190 g/mol. The summed E-state index contributed by atoms with van der Waals surface area (Å²) in [6.45, 7) is 0.797. The van der Waals surface area contributed by atoms with Crippen molar-refractivity contribution in [3.05, 3.63) is 18.7 Å². The summed E-state index contributed by atoms with van der Waals surface area (Å²) < 4.78 is 24.7. The lowest BCUT2D eigenvalue weighted by atomic mass is 10.6. The van der Waals surface area contributed by atoms with Gasteiger partial charge < -0.3 is 4.57 Å². The maximum atomic E-state index is 10.4. The molecule has 6 nitrogen and oxygen atoms in total. The van der Waals surface area contributed by atoms with E-state index in [4.69, 9.17) is 5.14 Å². The molecule has 0 aliphatic heterocycles. The minimum absolute atomic E-state index is 0.273. The third-order valence-corrected chi connectivity index (χ3v) is 1.84. The van der Waals surface area contributed by atoms with Gasteiger partial charge in [0.15, 0.2) is 0 Å².